The van der Waals surface area contributed by atoms with Gasteiger partial charge in [-0.3, -0.25) is 0 Å². The molecule has 1 rings (SSSR count). The van der Waals surface area contributed by atoms with Crippen molar-refractivity contribution in [3.05, 3.63) is 0 Å². The van der Waals surface area contributed by atoms with Gasteiger partial charge in [-0.2, -0.15) is 0 Å². The molecule has 1 saturated heterocycles. The summed E-state index contributed by atoms with van der Waals surface area (Å²) < 4.78 is 0.842. The Morgan fingerprint density at radius 2 is 1.77 bits per heavy atom. The maximum Gasteiger partial charge on any atom is 0.115 e. The van der Waals surface area contributed by atoms with Gasteiger partial charge in [-0.05, 0) is 25.9 Å². The molecule has 0 unspecified atom stereocenters. The number of likely N-dealkylation sites (tertiary alicyclic amines) is 1. The third-order valence-electron chi connectivity index (χ3n) is 2.43. The van der Waals surface area contributed by atoms with Crippen molar-refractivity contribution >= 4 is 0 Å². The van der Waals surface area contributed by atoms with Gasteiger partial charge in [0.05, 0.1) is 21.1 Å². The van der Waals surface area contributed by atoms with Crippen LogP contribution in [0.5, 0.6) is 0 Å². The lowest BCUT2D eigenvalue weighted by atomic mass is 10.3. The molecule has 3 heteroatoms. The molecule has 13 heavy (non-hydrogen) atoms. The maximum atomic E-state index is 9.79. The van der Waals surface area contributed by atoms with Crippen LogP contribution in [0.15, 0.2) is 0 Å². The second kappa shape index (κ2) is 4.40. The molecule has 0 radical (unpaired) electrons. The van der Waals surface area contributed by atoms with Crippen molar-refractivity contribution < 1.29 is 9.59 Å². The first-order valence-corrected chi connectivity index (χ1v) is 5.18. The van der Waals surface area contributed by atoms with Gasteiger partial charge in [0, 0.05) is 6.54 Å². The molecule has 0 spiro atoms. The van der Waals surface area contributed by atoms with E-state index in [1.807, 2.05) is 0 Å². The predicted octanol–water partition coefficient (Wildman–Crippen LogP) is 0.149. The van der Waals surface area contributed by atoms with E-state index in [-0.39, 0.29) is 6.10 Å². The normalized spacial score (nSPS) is 22.2. The van der Waals surface area contributed by atoms with Crippen LogP contribution < -0.4 is 0 Å². The van der Waals surface area contributed by atoms with Crippen LogP contribution in [0.2, 0.25) is 0 Å². The van der Waals surface area contributed by atoms with Gasteiger partial charge in [0.15, 0.2) is 0 Å². The summed E-state index contributed by atoms with van der Waals surface area (Å²) in [6, 6.07) is 0. The largest absolute Gasteiger partial charge is 0.386 e. The van der Waals surface area contributed by atoms with E-state index in [0.29, 0.717) is 0 Å². The van der Waals surface area contributed by atoms with E-state index < -0.39 is 0 Å². The van der Waals surface area contributed by atoms with E-state index in [0.717, 1.165) is 17.6 Å². The van der Waals surface area contributed by atoms with E-state index in [9.17, 15) is 5.11 Å². The molecule has 0 aromatic carbocycles. The number of nitrogens with zero attached hydrogens (tertiary/aromatic N) is 2. The highest BCUT2D eigenvalue weighted by molar-refractivity contribution is 4.69. The van der Waals surface area contributed by atoms with Crippen LogP contribution in [-0.2, 0) is 0 Å². The molecule has 3 nitrogen and oxygen atoms in total. The van der Waals surface area contributed by atoms with Gasteiger partial charge in [-0.15, -0.1) is 0 Å². The van der Waals surface area contributed by atoms with Crippen molar-refractivity contribution in [2.75, 3.05) is 47.3 Å². The zero-order chi connectivity index (χ0) is 9.90. The zero-order valence-electron chi connectivity index (χ0n) is 9.16. The van der Waals surface area contributed by atoms with Gasteiger partial charge in [-0.25, -0.2) is 0 Å². The molecule has 1 aliphatic heterocycles. The molecule has 0 saturated carbocycles. The number of rotatable bonds is 4. The molecule has 0 bridgehead atoms. The highest BCUT2D eigenvalue weighted by Gasteiger charge is 2.20. The molecule has 0 amide bonds. The quantitative estimate of drug-likeness (QED) is 0.633. The molecule has 0 aliphatic carbocycles. The minimum absolute atomic E-state index is 0.168. The summed E-state index contributed by atoms with van der Waals surface area (Å²) in [7, 11) is 6.35. The molecule has 1 heterocycles. The third-order valence-corrected chi connectivity index (χ3v) is 2.43. The monoisotopic (exact) mass is 187 g/mol. The fourth-order valence-corrected chi connectivity index (χ4v) is 1.95. The summed E-state index contributed by atoms with van der Waals surface area (Å²) >= 11 is 0. The van der Waals surface area contributed by atoms with Crippen LogP contribution in [-0.4, -0.2) is 67.9 Å². The average molecular weight is 187 g/mol. The Hall–Kier alpha value is -0.120. The first-order chi connectivity index (χ1) is 5.97. The van der Waals surface area contributed by atoms with E-state index in [4.69, 9.17) is 0 Å². The molecule has 0 aromatic rings. The minimum Gasteiger partial charge on any atom is -0.386 e. The lowest BCUT2D eigenvalue weighted by Gasteiger charge is -2.28. The van der Waals surface area contributed by atoms with Crippen molar-refractivity contribution in [1.82, 2.24) is 4.90 Å². The lowest BCUT2D eigenvalue weighted by Crippen LogP contribution is -2.45. The van der Waals surface area contributed by atoms with Gasteiger partial charge in [0.2, 0.25) is 0 Å². The van der Waals surface area contributed by atoms with Gasteiger partial charge in [0.1, 0.15) is 12.6 Å². The van der Waals surface area contributed by atoms with Crippen LogP contribution in [0.3, 0.4) is 0 Å². The van der Waals surface area contributed by atoms with Crippen LogP contribution in [0.1, 0.15) is 12.8 Å². The van der Waals surface area contributed by atoms with E-state index >= 15 is 0 Å². The highest BCUT2D eigenvalue weighted by Crippen LogP contribution is 2.08. The van der Waals surface area contributed by atoms with Crippen LogP contribution in [0.25, 0.3) is 0 Å². The second-order valence-corrected chi connectivity index (χ2v) is 5.13. The van der Waals surface area contributed by atoms with Crippen molar-refractivity contribution in [2.45, 2.75) is 18.9 Å². The van der Waals surface area contributed by atoms with Crippen LogP contribution >= 0.6 is 0 Å². The lowest BCUT2D eigenvalue weighted by molar-refractivity contribution is -0.873. The van der Waals surface area contributed by atoms with E-state index in [2.05, 4.69) is 26.0 Å². The van der Waals surface area contributed by atoms with Gasteiger partial charge < -0.3 is 14.5 Å². The predicted molar refractivity (Wildman–Crippen MR) is 54.6 cm³/mol. The first kappa shape index (κ1) is 11.0. The Balaban J connectivity index is 2.20. The van der Waals surface area contributed by atoms with Gasteiger partial charge in [-0.1, -0.05) is 0 Å². The Kier molecular flexibility index (Phi) is 3.71. The summed E-state index contributed by atoms with van der Waals surface area (Å²) in [5, 5.41) is 9.79. The number of aliphatic hydroxyl groups is 1. The smallest absolute Gasteiger partial charge is 0.115 e. The molecule has 78 valence electrons. The van der Waals surface area contributed by atoms with Gasteiger partial charge in [0.25, 0.3) is 0 Å². The Morgan fingerprint density at radius 1 is 1.23 bits per heavy atom. The Bertz CT molecular complexity index is 147. The number of quaternary nitrogens is 1. The second-order valence-electron chi connectivity index (χ2n) is 5.13. The summed E-state index contributed by atoms with van der Waals surface area (Å²) in [5.74, 6) is 0. The summed E-state index contributed by atoms with van der Waals surface area (Å²) in [4.78, 5) is 2.36. The van der Waals surface area contributed by atoms with Crippen LogP contribution in [0, 0.1) is 0 Å². The number of β-amino-alcohol motifs (C(OH)–C–C–N with tert-alkyl or cyclic N) is 1. The first-order valence-electron chi connectivity index (χ1n) is 5.18. The van der Waals surface area contributed by atoms with Gasteiger partial charge >= 0.3 is 0 Å². The fraction of sp³-hybridized carbons (Fsp3) is 1.00. The van der Waals surface area contributed by atoms with Crippen molar-refractivity contribution in [2.24, 2.45) is 0 Å². The Morgan fingerprint density at radius 3 is 2.23 bits per heavy atom. The van der Waals surface area contributed by atoms with Crippen molar-refractivity contribution in [3.63, 3.8) is 0 Å². The molecule has 1 fully saturated rings. The standard InChI is InChI=1S/C10H23N2O/c1-12(2,3)9-10(13)8-11-6-4-5-7-11/h10,13H,4-9H2,1-3H3/q+1/t10-/m1/s1. The van der Waals surface area contributed by atoms with E-state index in [1.165, 1.54) is 25.9 Å². The van der Waals surface area contributed by atoms with E-state index in [1.54, 1.807) is 0 Å². The number of hydrogen-bond acceptors (Lipinski definition) is 2. The molecule has 1 atom stereocenters. The number of likely N-dealkylation sites (N-methyl/N-ethyl adjacent to an activating group) is 1. The fourth-order valence-electron chi connectivity index (χ4n) is 1.95. The van der Waals surface area contributed by atoms with Crippen LogP contribution in [0.4, 0.5) is 0 Å². The van der Waals surface area contributed by atoms with Crippen molar-refractivity contribution in [1.29, 1.82) is 0 Å². The minimum atomic E-state index is -0.168. The molecule has 1 aliphatic rings. The SMILES string of the molecule is C[N+](C)(C)C[C@H](O)CN1CCCC1. The highest BCUT2D eigenvalue weighted by atomic mass is 16.3. The molecule has 0 aromatic heterocycles. The summed E-state index contributed by atoms with van der Waals surface area (Å²) in [5.41, 5.74) is 0. The third kappa shape index (κ3) is 4.60. The average Bonchev–Trinajstić information content (AvgIpc) is 2.34. The number of aliphatic hydroxyl groups excluding tert-OH is 1. The summed E-state index contributed by atoms with van der Waals surface area (Å²) in [6.45, 7) is 4.05. The number of hydrogen-bond donors (Lipinski definition) is 1. The molecular weight excluding hydrogens is 164 g/mol. The van der Waals surface area contributed by atoms with Crippen molar-refractivity contribution in [3.8, 4) is 0 Å². The molecular formula is C10H23N2O+. The zero-order valence-corrected chi connectivity index (χ0v) is 9.16. The molecule has 1 N–H and O–H groups in total. The topological polar surface area (TPSA) is 23.5 Å². The maximum absolute atomic E-state index is 9.79. The Labute approximate surface area is 81.5 Å². The summed E-state index contributed by atoms with van der Waals surface area (Å²) in [6.07, 6.45) is 2.44.